The van der Waals surface area contributed by atoms with Crippen LogP contribution in [0.25, 0.3) is 0 Å². The van der Waals surface area contributed by atoms with Gasteiger partial charge < -0.3 is 10.5 Å². The van der Waals surface area contributed by atoms with Gasteiger partial charge in [0.15, 0.2) is 0 Å². The first kappa shape index (κ1) is 12.5. The fourth-order valence-corrected chi connectivity index (χ4v) is 3.88. The van der Waals surface area contributed by atoms with Crippen molar-refractivity contribution in [2.45, 2.75) is 41.9 Å². The van der Waals surface area contributed by atoms with Crippen LogP contribution in [0.1, 0.15) is 25.7 Å². The van der Waals surface area contributed by atoms with Gasteiger partial charge in [-0.2, -0.15) is 0 Å². The van der Waals surface area contributed by atoms with Gasteiger partial charge in [0.05, 0.1) is 33.7 Å². The molecular formula is C12H18N2O2S. The lowest BCUT2D eigenvalue weighted by atomic mass is 9.97. The fourth-order valence-electron chi connectivity index (χ4n) is 2.27. The van der Waals surface area contributed by atoms with E-state index in [0.717, 1.165) is 25.7 Å². The molecule has 17 heavy (non-hydrogen) atoms. The molecule has 3 atom stereocenters. The van der Waals surface area contributed by atoms with Crippen molar-refractivity contribution in [3.05, 3.63) is 18.5 Å². The largest absolute Gasteiger partial charge is 0.396 e. The van der Waals surface area contributed by atoms with Gasteiger partial charge >= 0.3 is 0 Å². The molecule has 1 aliphatic carbocycles. The summed E-state index contributed by atoms with van der Waals surface area (Å²) in [4.78, 5) is 4.63. The van der Waals surface area contributed by atoms with Gasteiger partial charge in [0, 0.05) is 18.6 Å². The Labute approximate surface area is 104 Å². The van der Waals surface area contributed by atoms with E-state index < -0.39 is 10.8 Å². The maximum Gasteiger partial charge on any atom is 0.0664 e. The molecule has 1 aromatic rings. The van der Waals surface area contributed by atoms with E-state index in [1.54, 1.807) is 25.6 Å². The van der Waals surface area contributed by atoms with Crippen LogP contribution in [-0.4, -0.2) is 27.7 Å². The van der Waals surface area contributed by atoms with Crippen LogP contribution in [0.15, 0.2) is 23.4 Å². The van der Waals surface area contributed by atoms with E-state index in [1.807, 2.05) is 0 Å². The maximum atomic E-state index is 12.4. The summed E-state index contributed by atoms with van der Waals surface area (Å²) in [6.45, 7) is 0. The predicted molar refractivity (Wildman–Crippen MR) is 68.1 cm³/mol. The van der Waals surface area contributed by atoms with Crippen LogP contribution in [0.4, 0.5) is 5.69 Å². The zero-order valence-corrected chi connectivity index (χ0v) is 10.8. The summed E-state index contributed by atoms with van der Waals surface area (Å²) < 4.78 is 17.8. The Balaban J connectivity index is 2.12. The SMILES string of the molecule is COC1CCCC(S(=O)c2ccncc2N)C1. The van der Waals surface area contributed by atoms with Gasteiger partial charge in [-0.05, 0) is 31.7 Å². The second-order valence-electron chi connectivity index (χ2n) is 4.36. The Morgan fingerprint density at radius 3 is 3.06 bits per heavy atom. The van der Waals surface area contributed by atoms with E-state index in [1.165, 1.54) is 0 Å². The number of rotatable bonds is 3. The Hall–Kier alpha value is -0.940. The van der Waals surface area contributed by atoms with Crippen LogP contribution in [-0.2, 0) is 15.5 Å². The summed E-state index contributed by atoms with van der Waals surface area (Å²) in [6, 6.07) is 1.75. The van der Waals surface area contributed by atoms with Gasteiger partial charge in [0.1, 0.15) is 0 Å². The lowest BCUT2D eigenvalue weighted by Crippen LogP contribution is -2.28. The van der Waals surface area contributed by atoms with Crippen LogP contribution >= 0.6 is 0 Å². The molecule has 5 heteroatoms. The zero-order chi connectivity index (χ0) is 12.3. The van der Waals surface area contributed by atoms with E-state index in [2.05, 4.69) is 4.98 Å². The molecule has 1 aromatic heterocycles. The number of hydrogen-bond acceptors (Lipinski definition) is 4. The van der Waals surface area contributed by atoms with Gasteiger partial charge in [-0.25, -0.2) is 0 Å². The predicted octanol–water partition coefficient (Wildman–Crippen LogP) is 1.73. The summed E-state index contributed by atoms with van der Waals surface area (Å²) >= 11 is 0. The molecule has 1 fully saturated rings. The Bertz CT molecular complexity index is 411. The van der Waals surface area contributed by atoms with Crippen LogP contribution in [0, 0.1) is 0 Å². The molecule has 94 valence electrons. The van der Waals surface area contributed by atoms with Crippen molar-refractivity contribution in [1.29, 1.82) is 0 Å². The molecular weight excluding hydrogens is 236 g/mol. The van der Waals surface area contributed by atoms with Gasteiger partial charge in [-0.1, -0.05) is 0 Å². The van der Waals surface area contributed by atoms with E-state index in [0.29, 0.717) is 10.6 Å². The number of anilines is 1. The Kier molecular flexibility index (Phi) is 4.12. The molecule has 0 saturated heterocycles. The van der Waals surface area contributed by atoms with Crippen molar-refractivity contribution in [2.24, 2.45) is 0 Å². The number of nitrogens with zero attached hydrogens (tertiary/aromatic N) is 1. The number of nitrogens with two attached hydrogens (primary N) is 1. The summed E-state index contributed by atoms with van der Waals surface area (Å²) in [6.07, 6.45) is 7.40. The molecule has 0 spiro atoms. The molecule has 0 amide bonds. The summed E-state index contributed by atoms with van der Waals surface area (Å²) in [5, 5.41) is 0.151. The molecule has 3 unspecified atom stereocenters. The van der Waals surface area contributed by atoms with Gasteiger partial charge in [0.25, 0.3) is 0 Å². The van der Waals surface area contributed by atoms with Gasteiger partial charge in [0.2, 0.25) is 0 Å². The number of hydrogen-bond donors (Lipinski definition) is 1. The number of methoxy groups -OCH3 is 1. The van der Waals surface area contributed by atoms with Crippen molar-refractivity contribution in [3.63, 3.8) is 0 Å². The van der Waals surface area contributed by atoms with Crippen molar-refractivity contribution >= 4 is 16.5 Å². The van der Waals surface area contributed by atoms with E-state index in [-0.39, 0.29) is 11.4 Å². The third-order valence-electron chi connectivity index (χ3n) is 3.24. The first-order chi connectivity index (χ1) is 8.22. The smallest absolute Gasteiger partial charge is 0.0664 e. The topological polar surface area (TPSA) is 65.2 Å². The van der Waals surface area contributed by atoms with E-state index in [4.69, 9.17) is 10.5 Å². The minimum Gasteiger partial charge on any atom is -0.396 e. The minimum atomic E-state index is -1.05. The highest BCUT2D eigenvalue weighted by Crippen LogP contribution is 2.29. The number of ether oxygens (including phenoxy) is 1. The lowest BCUT2D eigenvalue weighted by Gasteiger charge is -2.27. The Morgan fingerprint density at radius 1 is 1.53 bits per heavy atom. The van der Waals surface area contributed by atoms with Crippen LogP contribution in [0.5, 0.6) is 0 Å². The molecule has 2 rings (SSSR count). The molecule has 1 aliphatic rings. The second kappa shape index (κ2) is 5.60. The zero-order valence-electron chi connectivity index (χ0n) is 9.96. The standard InChI is InChI=1S/C12H18N2O2S/c1-16-9-3-2-4-10(7-9)17(15)12-5-6-14-8-11(12)13/h5-6,8-10H,2-4,7,13H2,1H3. The third-order valence-corrected chi connectivity index (χ3v) is 5.08. The van der Waals surface area contributed by atoms with E-state index in [9.17, 15) is 4.21 Å². The first-order valence-corrected chi connectivity index (χ1v) is 7.06. The molecule has 1 saturated carbocycles. The average Bonchev–Trinajstić information content (AvgIpc) is 2.38. The van der Waals surface area contributed by atoms with Crippen LogP contribution in [0.3, 0.4) is 0 Å². The second-order valence-corrected chi connectivity index (χ2v) is 6.06. The third kappa shape index (κ3) is 2.84. The molecule has 0 aliphatic heterocycles. The highest BCUT2D eigenvalue weighted by atomic mass is 32.2. The fraction of sp³-hybridized carbons (Fsp3) is 0.583. The van der Waals surface area contributed by atoms with E-state index >= 15 is 0 Å². The van der Waals surface area contributed by atoms with Crippen LogP contribution < -0.4 is 5.73 Å². The highest BCUT2D eigenvalue weighted by molar-refractivity contribution is 7.85. The van der Waals surface area contributed by atoms with Gasteiger partial charge in [-0.3, -0.25) is 9.19 Å². The number of nitrogen functional groups attached to an aromatic ring is 1. The first-order valence-electron chi connectivity index (χ1n) is 5.85. The van der Waals surface area contributed by atoms with Crippen molar-refractivity contribution in [1.82, 2.24) is 4.98 Å². The number of aromatic nitrogens is 1. The summed E-state index contributed by atoms with van der Waals surface area (Å²) in [7, 11) is 0.670. The lowest BCUT2D eigenvalue weighted by molar-refractivity contribution is 0.0725. The molecule has 2 N–H and O–H groups in total. The summed E-state index contributed by atoms with van der Waals surface area (Å²) in [5.41, 5.74) is 6.33. The minimum absolute atomic E-state index is 0.151. The molecule has 4 nitrogen and oxygen atoms in total. The summed E-state index contributed by atoms with van der Waals surface area (Å²) in [5.74, 6) is 0. The molecule has 0 radical (unpaired) electrons. The number of pyridine rings is 1. The van der Waals surface area contributed by atoms with Crippen molar-refractivity contribution < 1.29 is 8.95 Å². The highest BCUT2D eigenvalue weighted by Gasteiger charge is 2.27. The maximum absolute atomic E-state index is 12.4. The monoisotopic (exact) mass is 254 g/mol. The Morgan fingerprint density at radius 2 is 2.35 bits per heavy atom. The quantitative estimate of drug-likeness (QED) is 0.892. The average molecular weight is 254 g/mol. The van der Waals surface area contributed by atoms with Crippen LogP contribution in [0.2, 0.25) is 0 Å². The van der Waals surface area contributed by atoms with Crippen molar-refractivity contribution in [2.75, 3.05) is 12.8 Å². The van der Waals surface area contributed by atoms with Gasteiger partial charge in [-0.15, -0.1) is 0 Å². The molecule has 0 bridgehead atoms. The van der Waals surface area contributed by atoms with Crippen molar-refractivity contribution in [3.8, 4) is 0 Å². The molecule has 0 aromatic carbocycles. The molecule has 1 heterocycles. The normalized spacial score (nSPS) is 26.6.